The van der Waals surface area contributed by atoms with Crippen molar-refractivity contribution in [3.05, 3.63) is 72.3 Å². The molecule has 1 N–H and O–H groups in total. The van der Waals surface area contributed by atoms with E-state index in [0.29, 0.717) is 43.2 Å². The first-order chi connectivity index (χ1) is 16.0. The number of piperidine rings is 1. The van der Waals surface area contributed by atoms with Crippen molar-refractivity contribution in [1.29, 1.82) is 0 Å². The van der Waals surface area contributed by atoms with Crippen molar-refractivity contribution in [3.63, 3.8) is 0 Å². The van der Waals surface area contributed by atoms with E-state index in [-0.39, 0.29) is 12.4 Å². The van der Waals surface area contributed by atoms with E-state index in [4.69, 9.17) is 14.2 Å². The molecule has 8 heteroatoms. The number of hydrogen-bond acceptors (Lipinski definition) is 6. The van der Waals surface area contributed by atoms with E-state index in [1.54, 1.807) is 25.4 Å². The molecule has 2 aromatic carbocycles. The van der Waals surface area contributed by atoms with Gasteiger partial charge in [0.1, 0.15) is 30.4 Å². The molecule has 7 nitrogen and oxygen atoms in total. The van der Waals surface area contributed by atoms with Gasteiger partial charge in [-0.2, -0.15) is 5.10 Å². The maximum absolute atomic E-state index is 13.0. The zero-order valence-corrected chi connectivity index (χ0v) is 18.8. The van der Waals surface area contributed by atoms with Gasteiger partial charge < -0.3 is 19.3 Å². The highest BCUT2D eigenvalue weighted by atomic mass is 19.1. The monoisotopic (exact) mass is 455 g/mol. The summed E-state index contributed by atoms with van der Waals surface area (Å²) in [5.74, 6) is 1.67. The van der Waals surface area contributed by atoms with Crippen LogP contribution in [0.15, 0.2) is 60.9 Å². The predicted octanol–water partition coefficient (Wildman–Crippen LogP) is 3.52. The van der Waals surface area contributed by atoms with Gasteiger partial charge in [-0.3, -0.25) is 9.58 Å². The fraction of sp³-hybridized carbons (Fsp3) is 0.400. The van der Waals surface area contributed by atoms with Crippen LogP contribution in [0.5, 0.6) is 17.2 Å². The number of likely N-dealkylation sites (tertiary alicyclic amines) is 1. The van der Waals surface area contributed by atoms with Crippen LogP contribution < -0.4 is 14.2 Å². The fourth-order valence-corrected chi connectivity index (χ4v) is 3.89. The molecular weight excluding hydrogens is 425 g/mol. The topological polar surface area (TPSA) is 69.0 Å². The molecule has 33 heavy (non-hydrogen) atoms. The Hall–Kier alpha value is -3.10. The van der Waals surface area contributed by atoms with Crippen molar-refractivity contribution in [2.45, 2.75) is 31.5 Å². The maximum atomic E-state index is 13.0. The summed E-state index contributed by atoms with van der Waals surface area (Å²) in [6.07, 6.45) is 4.87. The Morgan fingerprint density at radius 1 is 1.06 bits per heavy atom. The summed E-state index contributed by atoms with van der Waals surface area (Å²) in [6, 6.07) is 13.7. The molecule has 176 valence electrons. The molecule has 0 radical (unpaired) electrons. The molecule has 1 fully saturated rings. The van der Waals surface area contributed by atoms with E-state index < -0.39 is 5.60 Å². The first-order valence-electron chi connectivity index (χ1n) is 11.1. The van der Waals surface area contributed by atoms with Gasteiger partial charge in [0, 0.05) is 32.0 Å². The second kappa shape index (κ2) is 10.7. The van der Waals surface area contributed by atoms with Crippen LogP contribution in [-0.4, -0.2) is 58.8 Å². The van der Waals surface area contributed by atoms with Crippen LogP contribution in [-0.2, 0) is 13.1 Å². The summed E-state index contributed by atoms with van der Waals surface area (Å²) in [5, 5.41) is 15.1. The number of halogens is 1. The highest BCUT2D eigenvalue weighted by Crippen LogP contribution is 2.30. The van der Waals surface area contributed by atoms with Crippen LogP contribution in [0.4, 0.5) is 4.39 Å². The van der Waals surface area contributed by atoms with Gasteiger partial charge in [-0.25, -0.2) is 4.39 Å². The van der Waals surface area contributed by atoms with E-state index in [9.17, 15) is 9.50 Å². The largest absolute Gasteiger partial charge is 0.493 e. The number of nitrogens with zero attached hydrogens (tertiary/aromatic N) is 3. The lowest BCUT2D eigenvalue weighted by atomic mass is 9.92. The highest BCUT2D eigenvalue weighted by Gasteiger charge is 2.33. The van der Waals surface area contributed by atoms with Gasteiger partial charge in [-0.05, 0) is 60.9 Å². The summed E-state index contributed by atoms with van der Waals surface area (Å²) in [4.78, 5) is 2.31. The summed E-state index contributed by atoms with van der Waals surface area (Å²) in [7, 11) is 1.63. The third-order valence-electron chi connectivity index (χ3n) is 5.88. The molecule has 0 saturated carbocycles. The van der Waals surface area contributed by atoms with Crippen molar-refractivity contribution in [2.75, 3.05) is 33.4 Å². The van der Waals surface area contributed by atoms with Crippen LogP contribution in [0.1, 0.15) is 18.4 Å². The van der Waals surface area contributed by atoms with E-state index in [1.165, 1.54) is 12.1 Å². The fourth-order valence-electron chi connectivity index (χ4n) is 3.89. The number of aromatic nitrogens is 2. The average Bonchev–Trinajstić information content (AvgIpc) is 3.34. The van der Waals surface area contributed by atoms with E-state index in [0.717, 1.165) is 25.2 Å². The second-order valence-electron chi connectivity index (χ2n) is 8.35. The molecule has 0 amide bonds. The number of aliphatic hydroxyl groups is 1. The van der Waals surface area contributed by atoms with Gasteiger partial charge in [0.15, 0.2) is 11.5 Å². The van der Waals surface area contributed by atoms with Crippen LogP contribution in [0.25, 0.3) is 0 Å². The van der Waals surface area contributed by atoms with Gasteiger partial charge in [0.2, 0.25) is 0 Å². The lowest BCUT2D eigenvalue weighted by molar-refractivity contribution is -0.0537. The number of rotatable bonds is 10. The summed E-state index contributed by atoms with van der Waals surface area (Å²) in [6.45, 7) is 3.62. The maximum Gasteiger partial charge on any atom is 0.161 e. The van der Waals surface area contributed by atoms with Gasteiger partial charge in [0.05, 0.1) is 13.7 Å². The Kier molecular flexibility index (Phi) is 7.47. The minimum atomic E-state index is -0.883. The molecule has 4 rings (SSSR count). The van der Waals surface area contributed by atoms with Crippen molar-refractivity contribution in [1.82, 2.24) is 14.7 Å². The molecule has 2 heterocycles. The third-order valence-corrected chi connectivity index (χ3v) is 5.88. The van der Waals surface area contributed by atoms with Crippen LogP contribution in [0.2, 0.25) is 0 Å². The Bertz CT molecular complexity index is 1000. The van der Waals surface area contributed by atoms with E-state index in [1.807, 2.05) is 35.1 Å². The quantitative estimate of drug-likeness (QED) is 0.505. The minimum absolute atomic E-state index is 0.198. The van der Waals surface area contributed by atoms with Gasteiger partial charge in [0.25, 0.3) is 0 Å². The molecule has 1 aromatic heterocycles. The molecule has 1 saturated heterocycles. The van der Waals surface area contributed by atoms with Crippen molar-refractivity contribution in [2.24, 2.45) is 0 Å². The Morgan fingerprint density at radius 2 is 1.85 bits per heavy atom. The Balaban J connectivity index is 1.27. The molecule has 1 aliphatic rings. The lowest BCUT2D eigenvalue weighted by Crippen LogP contribution is -2.47. The van der Waals surface area contributed by atoms with Gasteiger partial charge >= 0.3 is 0 Å². The van der Waals surface area contributed by atoms with Gasteiger partial charge in [-0.15, -0.1) is 0 Å². The third kappa shape index (κ3) is 6.46. The normalized spacial score (nSPS) is 15.8. The standard InChI is InChI=1S/C25H30FN3O4/c1-31-23-8-3-20(17-24(23)32-16-15-29-12-2-11-27-29)18-28-13-9-25(30,10-14-28)19-33-22-6-4-21(26)5-7-22/h2-8,11-12,17,30H,9-10,13-16,18-19H2,1H3. The second-order valence-corrected chi connectivity index (χ2v) is 8.35. The molecule has 0 bridgehead atoms. The molecule has 3 aromatic rings. The van der Waals surface area contributed by atoms with Crippen LogP contribution in [0.3, 0.4) is 0 Å². The molecule has 1 aliphatic heterocycles. The number of methoxy groups -OCH3 is 1. The van der Waals surface area contributed by atoms with Crippen molar-refractivity contribution in [3.8, 4) is 17.2 Å². The molecule has 0 atom stereocenters. The first kappa shape index (κ1) is 23.1. The zero-order chi connectivity index (χ0) is 23.1. The molecule has 0 spiro atoms. The Morgan fingerprint density at radius 3 is 2.55 bits per heavy atom. The predicted molar refractivity (Wildman–Crippen MR) is 122 cm³/mol. The zero-order valence-electron chi connectivity index (χ0n) is 18.8. The molecule has 0 aliphatic carbocycles. The molecular formula is C25H30FN3O4. The number of ether oxygens (including phenoxy) is 3. The minimum Gasteiger partial charge on any atom is -0.493 e. The number of benzene rings is 2. The van der Waals surface area contributed by atoms with Crippen molar-refractivity contribution < 1.29 is 23.7 Å². The van der Waals surface area contributed by atoms with Crippen LogP contribution >= 0.6 is 0 Å². The first-order valence-corrected chi connectivity index (χ1v) is 11.1. The average molecular weight is 456 g/mol. The number of hydrogen-bond donors (Lipinski definition) is 1. The SMILES string of the molecule is COc1ccc(CN2CCC(O)(COc3ccc(F)cc3)CC2)cc1OCCn1cccn1. The van der Waals surface area contributed by atoms with E-state index in [2.05, 4.69) is 10.00 Å². The van der Waals surface area contributed by atoms with Gasteiger partial charge in [-0.1, -0.05) is 6.07 Å². The summed E-state index contributed by atoms with van der Waals surface area (Å²) >= 11 is 0. The summed E-state index contributed by atoms with van der Waals surface area (Å²) < 4.78 is 32.0. The lowest BCUT2D eigenvalue weighted by Gasteiger charge is -2.38. The van der Waals surface area contributed by atoms with E-state index >= 15 is 0 Å². The Labute approximate surface area is 193 Å². The van der Waals surface area contributed by atoms with Crippen LogP contribution in [0, 0.1) is 5.82 Å². The highest BCUT2D eigenvalue weighted by molar-refractivity contribution is 5.43. The van der Waals surface area contributed by atoms with Crippen molar-refractivity contribution >= 4 is 0 Å². The smallest absolute Gasteiger partial charge is 0.161 e. The molecule has 0 unspecified atom stereocenters. The summed E-state index contributed by atoms with van der Waals surface area (Å²) in [5.41, 5.74) is 0.240.